The Kier molecular flexibility index (Phi) is 4.42. The maximum atomic E-state index is 14.3. The average molecular weight is 312 g/mol. The summed E-state index contributed by atoms with van der Waals surface area (Å²) in [6.07, 6.45) is -0.361. The molecule has 0 fully saturated rings. The van der Waals surface area contributed by atoms with Gasteiger partial charge in [-0.15, -0.1) is 11.3 Å². The molecule has 2 rings (SSSR count). The van der Waals surface area contributed by atoms with Crippen LogP contribution in [0.1, 0.15) is 22.5 Å². The van der Waals surface area contributed by atoms with Crippen molar-refractivity contribution in [1.29, 1.82) is 0 Å². The number of hydrogen-bond donors (Lipinski definition) is 1. The highest BCUT2D eigenvalue weighted by Crippen LogP contribution is 2.39. The second-order valence-electron chi connectivity index (χ2n) is 4.27. The summed E-state index contributed by atoms with van der Waals surface area (Å²) in [6, 6.07) is 3.01. The molecule has 1 aromatic heterocycles. The van der Waals surface area contributed by atoms with Gasteiger partial charge in [0, 0.05) is 22.6 Å². The molecule has 0 radical (unpaired) electrons. The highest BCUT2D eigenvalue weighted by molar-refractivity contribution is 7.20. The SMILES string of the molecule is COc1cc2sc(C(=O)CCC(=O)O)cc2c(F)c1OC. The first kappa shape index (κ1) is 15.2. The zero-order valence-electron chi connectivity index (χ0n) is 11.4. The standard InChI is InChI=1S/C14H13FO5S/c1-19-9-6-10-7(13(15)14(9)20-2)5-11(21-10)8(16)3-4-12(17)18/h5-6H,3-4H2,1-2H3,(H,17,18). The Labute approximate surface area is 123 Å². The lowest BCUT2D eigenvalue weighted by molar-refractivity contribution is -0.136. The maximum Gasteiger partial charge on any atom is 0.303 e. The van der Waals surface area contributed by atoms with Gasteiger partial charge >= 0.3 is 5.97 Å². The number of thiophene rings is 1. The van der Waals surface area contributed by atoms with Crippen LogP contribution in [-0.4, -0.2) is 31.1 Å². The first-order valence-corrected chi connectivity index (χ1v) is 6.88. The highest BCUT2D eigenvalue weighted by atomic mass is 32.1. The van der Waals surface area contributed by atoms with Gasteiger partial charge in [0.25, 0.3) is 0 Å². The lowest BCUT2D eigenvalue weighted by Crippen LogP contribution is -2.01. The van der Waals surface area contributed by atoms with E-state index in [0.717, 1.165) is 11.3 Å². The summed E-state index contributed by atoms with van der Waals surface area (Å²) in [7, 11) is 2.73. The van der Waals surface area contributed by atoms with E-state index < -0.39 is 11.8 Å². The van der Waals surface area contributed by atoms with Crippen molar-refractivity contribution in [3.63, 3.8) is 0 Å². The van der Waals surface area contributed by atoms with Gasteiger partial charge in [0.1, 0.15) is 0 Å². The van der Waals surface area contributed by atoms with Crippen molar-refractivity contribution in [2.75, 3.05) is 14.2 Å². The minimum absolute atomic E-state index is 0.0210. The first-order valence-electron chi connectivity index (χ1n) is 6.07. The number of fused-ring (bicyclic) bond motifs is 1. The Balaban J connectivity index is 2.44. The number of carboxylic acid groups (broad SMARTS) is 1. The predicted molar refractivity (Wildman–Crippen MR) is 76.1 cm³/mol. The molecule has 112 valence electrons. The van der Waals surface area contributed by atoms with E-state index in [0.29, 0.717) is 9.58 Å². The van der Waals surface area contributed by atoms with Crippen LogP contribution in [0.3, 0.4) is 0 Å². The number of Topliss-reactive ketones (excluding diaryl/α,β-unsaturated/α-hetero) is 1. The minimum Gasteiger partial charge on any atom is -0.493 e. The van der Waals surface area contributed by atoms with E-state index >= 15 is 0 Å². The van der Waals surface area contributed by atoms with Crippen LogP contribution in [0.15, 0.2) is 12.1 Å². The third kappa shape index (κ3) is 2.97. The second-order valence-corrected chi connectivity index (χ2v) is 5.35. The number of methoxy groups -OCH3 is 2. The Morgan fingerprint density at radius 2 is 1.95 bits per heavy atom. The van der Waals surface area contributed by atoms with E-state index in [1.807, 2.05) is 0 Å². The molecule has 1 aromatic carbocycles. The average Bonchev–Trinajstić information content (AvgIpc) is 2.88. The molecule has 7 heteroatoms. The van der Waals surface area contributed by atoms with Gasteiger partial charge in [0.2, 0.25) is 0 Å². The van der Waals surface area contributed by atoms with Crippen molar-refractivity contribution in [2.24, 2.45) is 0 Å². The van der Waals surface area contributed by atoms with Gasteiger partial charge in [-0.1, -0.05) is 0 Å². The number of halogens is 1. The van der Waals surface area contributed by atoms with Gasteiger partial charge < -0.3 is 14.6 Å². The number of aliphatic carboxylic acids is 1. The molecule has 5 nitrogen and oxygen atoms in total. The quantitative estimate of drug-likeness (QED) is 0.830. The molecule has 0 saturated carbocycles. The summed E-state index contributed by atoms with van der Waals surface area (Å²) in [5, 5.41) is 8.85. The number of carboxylic acids is 1. The summed E-state index contributed by atoms with van der Waals surface area (Å²) in [5.41, 5.74) is 0. The topological polar surface area (TPSA) is 72.8 Å². The summed E-state index contributed by atoms with van der Waals surface area (Å²) in [6.45, 7) is 0. The van der Waals surface area contributed by atoms with Crippen molar-refractivity contribution in [3.8, 4) is 11.5 Å². The molecule has 0 spiro atoms. The van der Waals surface area contributed by atoms with Crippen molar-refractivity contribution in [1.82, 2.24) is 0 Å². The van der Waals surface area contributed by atoms with Crippen LogP contribution in [0.5, 0.6) is 11.5 Å². The van der Waals surface area contributed by atoms with Crippen LogP contribution in [-0.2, 0) is 4.79 Å². The molecular weight excluding hydrogens is 299 g/mol. The van der Waals surface area contributed by atoms with Gasteiger partial charge in [-0.25, -0.2) is 4.39 Å². The second kappa shape index (κ2) is 6.09. The Morgan fingerprint density at radius 1 is 1.24 bits per heavy atom. The molecule has 0 saturated heterocycles. The maximum absolute atomic E-state index is 14.3. The Bertz CT molecular complexity index is 707. The van der Waals surface area contributed by atoms with E-state index in [-0.39, 0.29) is 35.5 Å². The fourth-order valence-corrected chi connectivity index (χ4v) is 2.98. The number of ether oxygens (including phenoxy) is 2. The molecule has 1 N–H and O–H groups in total. The molecule has 0 unspecified atom stereocenters. The zero-order valence-corrected chi connectivity index (χ0v) is 12.3. The number of ketones is 1. The lowest BCUT2D eigenvalue weighted by atomic mass is 10.1. The monoisotopic (exact) mass is 312 g/mol. The molecule has 0 amide bonds. The van der Waals surface area contributed by atoms with E-state index in [4.69, 9.17) is 14.6 Å². The van der Waals surface area contributed by atoms with Crippen molar-refractivity contribution in [3.05, 3.63) is 22.8 Å². The molecule has 0 aliphatic carbocycles. The normalized spacial score (nSPS) is 10.6. The molecule has 0 aliphatic rings. The van der Waals surface area contributed by atoms with Crippen LogP contribution in [0, 0.1) is 5.82 Å². The van der Waals surface area contributed by atoms with Gasteiger partial charge in [0.15, 0.2) is 23.1 Å². The number of carbonyl (C=O) groups excluding carboxylic acids is 1. The summed E-state index contributed by atoms with van der Waals surface area (Å²) < 4.78 is 24.9. The van der Waals surface area contributed by atoms with Crippen molar-refractivity contribution < 1.29 is 28.6 Å². The van der Waals surface area contributed by atoms with Crippen LogP contribution in [0.25, 0.3) is 10.1 Å². The van der Waals surface area contributed by atoms with Crippen LogP contribution >= 0.6 is 11.3 Å². The summed E-state index contributed by atoms with van der Waals surface area (Å²) in [4.78, 5) is 22.7. The van der Waals surface area contributed by atoms with Gasteiger partial charge in [-0.05, 0) is 6.07 Å². The third-order valence-electron chi connectivity index (χ3n) is 2.95. The molecule has 1 heterocycles. The van der Waals surface area contributed by atoms with E-state index in [2.05, 4.69) is 0 Å². The lowest BCUT2D eigenvalue weighted by Gasteiger charge is -2.08. The van der Waals surface area contributed by atoms with Crippen molar-refractivity contribution >= 4 is 33.2 Å². The number of rotatable bonds is 6. The molecule has 21 heavy (non-hydrogen) atoms. The third-order valence-corrected chi connectivity index (χ3v) is 4.07. The smallest absolute Gasteiger partial charge is 0.303 e. The zero-order chi connectivity index (χ0) is 15.6. The van der Waals surface area contributed by atoms with Crippen LogP contribution in [0.2, 0.25) is 0 Å². The predicted octanol–water partition coefficient (Wildman–Crippen LogP) is 3.11. The van der Waals surface area contributed by atoms with E-state index in [1.165, 1.54) is 20.3 Å². The Morgan fingerprint density at radius 3 is 2.52 bits per heavy atom. The number of benzene rings is 1. The van der Waals surface area contributed by atoms with Crippen LogP contribution in [0.4, 0.5) is 4.39 Å². The molecular formula is C14H13FO5S. The largest absolute Gasteiger partial charge is 0.493 e. The molecule has 0 bridgehead atoms. The van der Waals surface area contributed by atoms with E-state index in [1.54, 1.807) is 6.07 Å². The fourth-order valence-electron chi connectivity index (χ4n) is 1.92. The van der Waals surface area contributed by atoms with Gasteiger partial charge in [-0.3, -0.25) is 9.59 Å². The van der Waals surface area contributed by atoms with Gasteiger partial charge in [-0.2, -0.15) is 0 Å². The summed E-state index contributed by atoms with van der Waals surface area (Å²) >= 11 is 1.10. The van der Waals surface area contributed by atoms with Crippen molar-refractivity contribution in [2.45, 2.75) is 12.8 Å². The Hall–Kier alpha value is -2.15. The summed E-state index contributed by atoms with van der Waals surface area (Å²) in [5.74, 6) is -1.74. The first-order chi connectivity index (χ1) is 9.97. The molecule has 0 aliphatic heterocycles. The van der Waals surface area contributed by atoms with Gasteiger partial charge in [0.05, 0.1) is 25.5 Å². The molecule has 0 atom stereocenters. The fraction of sp³-hybridized carbons (Fsp3) is 0.286. The number of carbonyl (C=O) groups is 2. The molecule has 2 aromatic rings. The van der Waals surface area contributed by atoms with Crippen LogP contribution < -0.4 is 9.47 Å². The number of hydrogen-bond acceptors (Lipinski definition) is 5. The minimum atomic E-state index is -1.04. The highest BCUT2D eigenvalue weighted by Gasteiger charge is 2.19. The van der Waals surface area contributed by atoms with E-state index in [9.17, 15) is 14.0 Å².